The molecule has 3 aromatic carbocycles. The van der Waals surface area contributed by atoms with Gasteiger partial charge in [0.25, 0.3) is 5.91 Å². The first-order valence-corrected chi connectivity index (χ1v) is 12.9. The molecule has 1 amide bonds. The number of rotatable bonds is 8. The topological polar surface area (TPSA) is 98.7 Å². The highest BCUT2D eigenvalue weighted by atomic mass is 16.4. The fourth-order valence-electron chi connectivity index (χ4n) is 4.85. The maximum absolute atomic E-state index is 13.5. The van der Waals surface area contributed by atoms with Crippen molar-refractivity contribution in [3.8, 4) is 11.3 Å². The van der Waals surface area contributed by atoms with Crippen LogP contribution >= 0.6 is 0 Å². The second kappa shape index (κ2) is 11.3. The molecule has 0 saturated carbocycles. The van der Waals surface area contributed by atoms with E-state index in [9.17, 15) is 9.59 Å². The third-order valence-corrected chi connectivity index (χ3v) is 6.83. The number of benzene rings is 3. The number of piperazine rings is 1. The molecule has 4 aromatic rings. The first-order chi connectivity index (χ1) is 18.5. The molecule has 1 saturated heterocycles. The van der Waals surface area contributed by atoms with E-state index in [1.54, 1.807) is 6.07 Å². The van der Waals surface area contributed by atoms with Crippen molar-refractivity contribution < 1.29 is 14.7 Å². The lowest BCUT2D eigenvalue weighted by atomic mass is 10.1. The molecule has 2 heterocycles. The monoisotopic (exact) mass is 509 g/mol. The van der Waals surface area contributed by atoms with Crippen molar-refractivity contribution in [1.29, 1.82) is 0 Å². The Hall–Kier alpha value is -4.46. The van der Waals surface area contributed by atoms with Gasteiger partial charge in [0, 0.05) is 55.5 Å². The number of fused-ring (bicyclic) bond motifs is 1. The molecule has 0 bridgehead atoms. The van der Waals surface area contributed by atoms with Gasteiger partial charge >= 0.3 is 5.97 Å². The number of hydrogen-bond donors (Lipinski definition) is 2. The highest BCUT2D eigenvalue weighted by Gasteiger charge is 2.28. The van der Waals surface area contributed by atoms with Crippen LogP contribution in [0, 0.1) is 0 Å². The Kier molecular flexibility index (Phi) is 7.49. The smallest absolute Gasteiger partial charge is 0.303 e. The summed E-state index contributed by atoms with van der Waals surface area (Å²) in [6.07, 6.45) is 0.539. The van der Waals surface area contributed by atoms with Crippen molar-refractivity contribution in [3.05, 3.63) is 84.4 Å². The molecule has 1 aliphatic rings. The molecule has 2 N–H and O–H groups in total. The van der Waals surface area contributed by atoms with Gasteiger partial charge in [0.1, 0.15) is 5.69 Å². The summed E-state index contributed by atoms with van der Waals surface area (Å²) in [5, 5.41) is 12.2. The Morgan fingerprint density at radius 2 is 1.68 bits per heavy atom. The predicted octanol–water partition coefficient (Wildman–Crippen LogP) is 4.92. The van der Waals surface area contributed by atoms with E-state index >= 15 is 0 Å². The number of amides is 1. The van der Waals surface area contributed by atoms with Crippen LogP contribution in [0.5, 0.6) is 0 Å². The number of carboxylic acids is 1. The highest BCUT2D eigenvalue weighted by Crippen LogP contribution is 2.28. The second-order valence-corrected chi connectivity index (χ2v) is 9.54. The molecule has 0 aliphatic carbocycles. The van der Waals surface area contributed by atoms with E-state index in [4.69, 9.17) is 15.1 Å². The van der Waals surface area contributed by atoms with E-state index in [2.05, 4.69) is 29.3 Å². The Morgan fingerprint density at radius 3 is 2.39 bits per heavy atom. The van der Waals surface area contributed by atoms with Crippen LogP contribution in [0.1, 0.15) is 30.1 Å². The van der Waals surface area contributed by atoms with Crippen molar-refractivity contribution in [1.82, 2.24) is 14.9 Å². The zero-order valence-electron chi connectivity index (χ0n) is 21.4. The number of aromatic nitrogens is 2. The summed E-state index contributed by atoms with van der Waals surface area (Å²) >= 11 is 0. The number of carbonyl (C=O) groups excluding carboxylic acids is 1. The number of anilines is 2. The average Bonchev–Trinajstić information content (AvgIpc) is 2.95. The summed E-state index contributed by atoms with van der Waals surface area (Å²) < 4.78 is 0. The van der Waals surface area contributed by atoms with Crippen LogP contribution in [-0.4, -0.2) is 64.1 Å². The summed E-state index contributed by atoms with van der Waals surface area (Å²) in [6.45, 7) is 4.72. The molecule has 0 spiro atoms. The van der Waals surface area contributed by atoms with E-state index in [1.807, 2.05) is 65.6 Å². The highest BCUT2D eigenvalue weighted by molar-refractivity contribution is 5.98. The number of nitrogens with one attached hydrogen (secondary N) is 1. The normalized spacial score (nSPS) is 15.4. The molecule has 8 heteroatoms. The van der Waals surface area contributed by atoms with Crippen molar-refractivity contribution in [2.75, 3.05) is 36.4 Å². The molecule has 1 aliphatic heterocycles. The van der Waals surface area contributed by atoms with E-state index in [1.165, 1.54) is 5.69 Å². The fourth-order valence-corrected chi connectivity index (χ4v) is 4.85. The summed E-state index contributed by atoms with van der Waals surface area (Å²) in [4.78, 5) is 38.4. The summed E-state index contributed by atoms with van der Waals surface area (Å²) in [5.41, 5.74) is 4.66. The van der Waals surface area contributed by atoms with Crippen molar-refractivity contribution in [2.24, 2.45) is 0 Å². The van der Waals surface area contributed by atoms with Gasteiger partial charge in [-0.05, 0) is 43.7 Å². The molecular formula is C30H31N5O3. The fraction of sp³-hybridized carbons (Fsp3) is 0.267. The Bertz CT molecular complexity index is 1430. The lowest BCUT2D eigenvalue weighted by molar-refractivity contribution is -0.137. The molecule has 194 valence electrons. The van der Waals surface area contributed by atoms with Crippen molar-refractivity contribution >= 4 is 34.4 Å². The lowest BCUT2D eigenvalue weighted by Gasteiger charge is -2.41. The Labute approximate surface area is 221 Å². The summed E-state index contributed by atoms with van der Waals surface area (Å²) in [6, 6.07) is 25.6. The van der Waals surface area contributed by atoms with Gasteiger partial charge < -0.3 is 20.2 Å². The number of nitrogens with zero attached hydrogens (tertiary/aromatic N) is 4. The standard InChI is InChI=1S/C30H31N5O3/c1-21-20-34(24-11-6-3-7-12-24)17-18-35(21)30(38)23-14-15-25-26(19-23)33-29(31-16-8-13-27(36)37)28(32-25)22-9-4-2-5-10-22/h2-7,9-12,14-15,19,21H,8,13,16-18,20H2,1H3,(H,31,33)(H,36,37)/t21-/m1/s1. The zero-order chi connectivity index (χ0) is 26.5. The molecule has 5 rings (SSSR count). The third kappa shape index (κ3) is 5.59. The molecule has 1 aromatic heterocycles. The average molecular weight is 510 g/mol. The summed E-state index contributed by atoms with van der Waals surface area (Å²) in [7, 11) is 0. The molecule has 0 radical (unpaired) electrons. The quantitative estimate of drug-likeness (QED) is 0.325. The first-order valence-electron chi connectivity index (χ1n) is 12.9. The zero-order valence-corrected chi connectivity index (χ0v) is 21.4. The number of para-hydroxylation sites is 1. The van der Waals surface area contributed by atoms with Crippen LogP contribution in [0.3, 0.4) is 0 Å². The van der Waals surface area contributed by atoms with E-state index in [-0.39, 0.29) is 18.4 Å². The minimum atomic E-state index is -0.832. The minimum absolute atomic E-state index is 0.0167. The molecule has 38 heavy (non-hydrogen) atoms. The van der Waals surface area contributed by atoms with E-state index in [0.717, 1.165) is 18.7 Å². The molecule has 1 fully saturated rings. The van der Waals surface area contributed by atoms with Gasteiger partial charge in [-0.1, -0.05) is 48.5 Å². The lowest BCUT2D eigenvalue weighted by Crippen LogP contribution is -2.54. The van der Waals surface area contributed by atoms with E-state index in [0.29, 0.717) is 47.6 Å². The SMILES string of the molecule is C[C@@H]1CN(c2ccccc2)CCN1C(=O)c1ccc2nc(-c3ccccc3)c(NCCCC(=O)O)nc2c1. The maximum Gasteiger partial charge on any atom is 0.303 e. The summed E-state index contributed by atoms with van der Waals surface area (Å²) in [5.74, 6) is -0.276. The Balaban J connectivity index is 1.39. The van der Waals surface area contributed by atoms with Gasteiger partial charge in [-0.25, -0.2) is 9.97 Å². The van der Waals surface area contributed by atoms with Gasteiger partial charge in [-0.2, -0.15) is 0 Å². The van der Waals surface area contributed by atoms with Crippen LogP contribution in [-0.2, 0) is 4.79 Å². The van der Waals surface area contributed by atoms with Crippen LogP contribution in [0.25, 0.3) is 22.3 Å². The maximum atomic E-state index is 13.5. The number of carbonyl (C=O) groups is 2. The minimum Gasteiger partial charge on any atom is -0.481 e. The van der Waals surface area contributed by atoms with Crippen molar-refractivity contribution in [3.63, 3.8) is 0 Å². The first kappa shape index (κ1) is 25.2. The third-order valence-electron chi connectivity index (χ3n) is 6.83. The van der Waals surface area contributed by atoms with Crippen molar-refractivity contribution in [2.45, 2.75) is 25.8 Å². The number of aliphatic carboxylic acids is 1. The Morgan fingerprint density at radius 1 is 0.947 bits per heavy atom. The molecular weight excluding hydrogens is 478 g/mol. The van der Waals surface area contributed by atoms with Crippen LogP contribution in [0.4, 0.5) is 11.5 Å². The number of hydrogen-bond acceptors (Lipinski definition) is 6. The van der Waals surface area contributed by atoms with Gasteiger partial charge in [-0.3, -0.25) is 9.59 Å². The van der Waals surface area contributed by atoms with E-state index < -0.39 is 5.97 Å². The van der Waals surface area contributed by atoms with Gasteiger partial charge in [0.2, 0.25) is 0 Å². The predicted molar refractivity (Wildman–Crippen MR) is 149 cm³/mol. The molecule has 0 unspecified atom stereocenters. The van der Waals surface area contributed by atoms with Gasteiger partial charge in [0.15, 0.2) is 5.82 Å². The van der Waals surface area contributed by atoms with Crippen LogP contribution < -0.4 is 10.2 Å². The van der Waals surface area contributed by atoms with Gasteiger partial charge in [-0.15, -0.1) is 0 Å². The molecule has 1 atom stereocenters. The van der Waals surface area contributed by atoms with Crippen LogP contribution in [0.2, 0.25) is 0 Å². The molecule has 8 nitrogen and oxygen atoms in total. The second-order valence-electron chi connectivity index (χ2n) is 9.54. The number of carboxylic acid groups (broad SMARTS) is 1. The largest absolute Gasteiger partial charge is 0.481 e. The van der Waals surface area contributed by atoms with Crippen LogP contribution in [0.15, 0.2) is 78.9 Å². The van der Waals surface area contributed by atoms with Gasteiger partial charge in [0.05, 0.1) is 11.0 Å².